The first kappa shape index (κ1) is 11.1. The fourth-order valence-corrected chi connectivity index (χ4v) is 2.09. The van der Waals surface area contributed by atoms with Crippen LogP contribution in [-0.2, 0) is 0 Å². The van der Waals surface area contributed by atoms with Gasteiger partial charge in [-0.05, 0) is 18.2 Å². The van der Waals surface area contributed by atoms with E-state index in [1.54, 1.807) is 20.3 Å². The lowest BCUT2D eigenvalue weighted by Gasteiger charge is -2.12. The van der Waals surface area contributed by atoms with Crippen LogP contribution < -0.4 is 15.2 Å². The lowest BCUT2D eigenvalue weighted by molar-refractivity contribution is 0.359. The number of methoxy groups -OCH3 is 2. The molecule has 0 bridgehead atoms. The number of ether oxygens (including phenoxy) is 2. The maximum atomic E-state index is 5.97. The summed E-state index contributed by atoms with van der Waals surface area (Å²) < 4.78 is 11.6. The van der Waals surface area contributed by atoms with Gasteiger partial charge in [-0.25, -0.2) is 0 Å². The highest BCUT2D eigenvalue weighted by Crippen LogP contribution is 2.39. The van der Waals surface area contributed by atoms with Gasteiger partial charge in [0, 0.05) is 27.0 Å². The molecule has 0 amide bonds. The Bertz CT molecular complexity index is 540. The van der Waals surface area contributed by atoms with Crippen molar-refractivity contribution in [3.63, 3.8) is 0 Å². The second kappa shape index (κ2) is 4.22. The van der Waals surface area contributed by atoms with Crippen LogP contribution in [0, 0.1) is 0 Å². The number of rotatable bonds is 2. The summed E-state index contributed by atoms with van der Waals surface area (Å²) in [5.74, 6) is 1.36. The van der Waals surface area contributed by atoms with Crippen LogP contribution in [0.25, 0.3) is 10.8 Å². The van der Waals surface area contributed by atoms with Crippen LogP contribution in [0.3, 0.4) is 0 Å². The smallest absolute Gasteiger partial charge is 0.168 e. The van der Waals surface area contributed by atoms with Crippen LogP contribution >= 0.6 is 15.9 Å². The lowest BCUT2D eigenvalue weighted by Crippen LogP contribution is -1.95. The summed E-state index contributed by atoms with van der Waals surface area (Å²) in [4.78, 5) is 0. The minimum absolute atomic E-state index is 0.648. The maximum Gasteiger partial charge on any atom is 0.168 e. The van der Waals surface area contributed by atoms with Gasteiger partial charge in [0.1, 0.15) is 0 Å². The van der Waals surface area contributed by atoms with Crippen LogP contribution in [0.15, 0.2) is 28.7 Å². The predicted molar refractivity (Wildman–Crippen MR) is 69.2 cm³/mol. The molecule has 0 unspecified atom stereocenters. The van der Waals surface area contributed by atoms with Gasteiger partial charge in [0.2, 0.25) is 0 Å². The van der Waals surface area contributed by atoms with Gasteiger partial charge in [0.15, 0.2) is 11.5 Å². The second-order valence-corrected chi connectivity index (χ2v) is 4.31. The number of benzene rings is 2. The molecule has 2 aromatic rings. The Morgan fingerprint density at radius 1 is 1.06 bits per heavy atom. The first-order valence-electron chi connectivity index (χ1n) is 4.77. The zero-order valence-corrected chi connectivity index (χ0v) is 10.7. The van der Waals surface area contributed by atoms with E-state index in [1.165, 1.54) is 0 Å². The van der Waals surface area contributed by atoms with Crippen molar-refractivity contribution >= 4 is 32.4 Å². The van der Waals surface area contributed by atoms with E-state index >= 15 is 0 Å². The van der Waals surface area contributed by atoms with E-state index in [-0.39, 0.29) is 0 Å². The van der Waals surface area contributed by atoms with Crippen LogP contribution in [-0.4, -0.2) is 14.2 Å². The molecule has 84 valence electrons. The Labute approximate surface area is 102 Å². The molecule has 0 heterocycles. The molecule has 0 saturated heterocycles. The summed E-state index contributed by atoms with van der Waals surface area (Å²) in [5.41, 5.74) is 6.64. The fourth-order valence-electron chi connectivity index (χ4n) is 1.73. The van der Waals surface area contributed by atoms with Gasteiger partial charge in [0.25, 0.3) is 0 Å². The van der Waals surface area contributed by atoms with Crippen molar-refractivity contribution in [2.45, 2.75) is 0 Å². The number of halogens is 1. The van der Waals surface area contributed by atoms with E-state index in [0.29, 0.717) is 17.2 Å². The SMILES string of the molecule is COc1cc(N)c2cc(Br)ccc2c1OC. The standard InChI is InChI=1S/C12H12BrNO2/c1-15-11-6-10(14)9-5-7(13)3-4-8(9)12(11)16-2/h3-6H,14H2,1-2H3. The van der Waals surface area contributed by atoms with Crippen LogP contribution in [0.4, 0.5) is 5.69 Å². The van der Waals surface area contributed by atoms with E-state index in [0.717, 1.165) is 15.2 Å². The zero-order chi connectivity index (χ0) is 11.7. The molecule has 0 saturated carbocycles. The Balaban J connectivity index is 2.86. The number of anilines is 1. The predicted octanol–water partition coefficient (Wildman–Crippen LogP) is 3.20. The second-order valence-electron chi connectivity index (χ2n) is 3.39. The normalized spacial score (nSPS) is 10.4. The van der Waals surface area contributed by atoms with Crippen LogP contribution in [0.5, 0.6) is 11.5 Å². The van der Waals surface area contributed by atoms with Crippen molar-refractivity contribution in [2.24, 2.45) is 0 Å². The minimum Gasteiger partial charge on any atom is -0.493 e. The Hall–Kier alpha value is -1.42. The van der Waals surface area contributed by atoms with E-state index in [9.17, 15) is 0 Å². The largest absolute Gasteiger partial charge is 0.493 e. The van der Waals surface area contributed by atoms with Crippen molar-refractivity contribution in [1.82, 2.24) is 0 Å². The average molecular weight is 282 g/mol. The molecule has 0 aliphatic rings. The van der Waals surface area contributed by atoms with E-state index in [4.69, 9.17) is 15.2 Å². The Kier molecular flexibility index (Phi) is 2.92. The van der Waals surface area contributed by atoms with Crippen LogP contribution in [0.2, 0.25) is 0 Å². The summed E-state index contributed by atoms with van der Waals surface area (Å²) in [7, 11) is 3.22. The molecular formula is C12H12BrNO2. The third-order valence-corrected chi connectivity index (χ3v) is 2.96. The Morgan fingerprint density at radius 3 is 2.44 bits per heavy atom. The number of fused-ring (bicyclic) bond motifs is 1. The van der Waals surface area contributed by atoms with Gasteiger partial charge < -0.3 is 15.2 Å². The zero-order valence-electron chi connectivity index (χ0n) is 9.08. The van der Waals surface area contributed by atoms with Crippen molar-refractivity contribution < 1.29 is 9.47 Å². The highest BCUT2D eigenvalue weighted by Gasteiger charge is 2.11. The summed E-state index contributed by atoms with van der Waals surface area (Å²) >= 11 is 3.42. The van der Waals surface area contributed by atoms with Gasteiger partial charge >= 0.3 is 0 Å². The summed E-state index contributed by atoms with van der Waals surface area (Å²) in [6, 6.07) is 7.64. The molecule has 0 aliphatic carbocycles. The van der Waals surface area contributed by atoms with Crippen molar-refractivity contribution in [3.05, 3.63) is 28.7 Å². The van der Waals surface area contributed by atoms with E-state index in [2.05, 4.69) is 15.9 Å². The third-order valence-electron chi connectivity index (χ3n) is 2.47. The number of nitrogens with two attached hydrogens (primary N) is 1. The molecule has 0 aliphatic heterocycles. The molecule has 0 radical (unpaired) electrons. The number of nitrogen functional groups attached to an aromatic ring is 1. The van der Waals surface area contributed by atoms with Gasteiger partial charge in [-0.2, -0.15) is 0 Å². The lowest BCUT2D eigenvalue weighted by atomic mass is 10.1. The molecule has 2 aromatic carbocycles. The fraction of sp³-hybridized carbons (Fsp3) is 0.167. The van der Waals surface area contributed by atoms with E-state index < -0.39 is 0 Å². The average Bonchev–Trinajstić information content (AvgIpc) is 2.29. The molecule has 0 aromatic heterocycles. The van der Waals surface area contributed by atoms with Crippen LogP contribution in [0.1, 0.15) is 0 Å². The summed E-state index contributed by atoms with van der Waals surface area (Å²) in [5, 5.41) is 1.90. The highest BCUT2D eigenvalue weighted by molar-refractivity contribution is 9.10. The monoisotopic (exact) mass is 281 g/mol. The molecule has 2 N–H and O–H groups in total. The van der Waals surface area contributed by atoms with Crippen molar-refractivity contribution in [1.29, 1.82) is 0 Å². The third kappa shape index (κ3) is 1.69. The molecule has 3 nitrogen and oxygen atoms in total. The van der Waals surface area contributed by atoms with Gasteiger partial charge in [0.05, 0.1) is 14.2 Å². The highest BCUT2D eigenvalue weighted by atomic mass is 79.9. The topological polar surface area (TPSA) is 44.5 Å². The van der Waals surface area contributed by atoms with E-state index in [1.807, 2.05) is 18.2 Å². The Morgan fingerprint density at radius 2 is 1.81 bits per heavy atom. The summed E-state index contributed by atoms with van der Waals surface area (Å²) in [6.45, 7) is 0. The number of hydrogen-bond acceptors (Lipinski definition) is 3. The van der Waals surface area contributed by atoms with Crippen molar-refractivity contribution in [3.8, 4) is 11.5 Å². The minimum atomic E-state index is 0.648. The summed E-state index contributed by atoms with van der Waals surface area (Å²) in [6.07, 6.45) is 0. The van der Waals surface area contributed by atoms with Gasteiger partial charge in [-0.15, -0.1) is 0 Å². The first-order chi connectivity index (χ1) is 7.67. The maximum absolute atomic E-state index is 5.97. The van der Waals surface area contributed by atoms with Gasteiger partial charge in [-0.1, -0.05) is 15.9 Å². The number of hydrogen-bond donors (Lipinski definition) is 1. The molecule has 2 rings (SSSR count). The van der Waals surface area contributed by atoms with Gasteiger partial charge in [-0.3, -0.25) is 0 Å². The molecule has 0 spiro atoms. The molecule has 4 heteroatoms. The van der Waals surface area contributed by atoms with Crippen molar-refractivity contribution in [2.75, 3.05) is 20.0 Å². The molecule has 0 fully saturated rings. The molecule has 0 atom stereocenters. The quantitative estimate of drug-likeness (QED) is 0.860. The molecule has 16 heavy (non-hydrogen) atoms. The first-order valence-corrected chi connectivity index (χ1v) is 5.56. The molecular weight excluding hydrogens is 270 g/mol.